The summed E-state index contributed by atoms with van der Waals surface area (Å²) in [6, 6.07) is 22.9. The van der Waals surface area contributed by atoms with E-state index in [0.29, 0.717) is 50.1 Å². The van der Waals surface area contributed by atoms with Crippen LogP contribution < -0.4 is 10.0 Å². The minimum Gasteiger partial charge on any atom is -0.326 e. The van der Waals surface area contributed by atoms with Crippen LogP contribution in [0.3, 0.4) is 0 Å². The van der Waals surface area contributed by atoms with Crippen LogP contribution in [-0.4, -0.2) is 45.9 Å². The van der Waals surface area contributed by atoms with E-state index in [0.717, 1.165) is 11.1 Å². The van der Waals surface area contributed by atoms with E-state index in [1.807, 2.05) is 43.3 Å². The first-order valence-corrected chi connectivity index (χ1v) is 15.7. The van der Waals surface area contributed by atoms with Gasteiger partial charge in [-0.25, -0.2) is 21.1 Å². The number of sulfonamides is 2. The van der Waals surface area contributed by atoms with Gasteiger partial charge in [0.25, 0.3) is 10.0 Å². The van der Waals surface area contributed by atoms with Crippen molar-refractivity contribution in [3.63, 3.8) is 0 Å². The van der Waals surface area contributed by atoms with Crippen LogP contribution in [0.4, 0.5) is 11.4 Å². The van der Waals surface area contributed by atoms with Crippen LogP contribution in [0.5, 0.6) is 0 Å². The summed E-state index contributed by atoms with van der Waals surface area (Å²) in [6.45, 7) is 2.51. The van der Waals surface area contributed by atoms with Crippen molar-refractivity contribution in [1.82, 2.24) is 4.31 Å². The predicted octanol–water partition coefficient (Wildman–Crippen LogP) is 4.41. The molecule has 8 nitrogen and oxygen atoms in total. The Morgan fingerprint density at radius 1 is 0.868 bits per heavy atom. The Bertz CT molecular complexity index is 1450. The van der Waals surface area contributed by atoms with E-state index in [9.17, 15) is 21.6 Å². The lowest BCUT2D eigenvalue weighted by atomic mass is 9.97. The summed E-state index contributed by atoms with van der Waals surface area (Å²) in [5.41, 5.74) is 3.02. The van der Waals surface area contributed by atoms with Crippen molar-refractivity contribution in [2.45, 2.75) is 37.5 Å². The summed E-state index contributed by atoms with van der Waals surface area (Å²) < 4.78 is 54.9. The van der Waals surface area contributed by atoms with E-state index in [1.165, 1.54) is 16.4 Å². The SMILES string of the molecule is Cc1cccc(NS(=O)(=O)c2ccc(NC(=O)C3CCN(S(=O)(=O)CCCc4ccccc4)CC3)cc2)c1. The maximum Gasteiger partial charge on any atom is 0.261 e. The fraction of sp³-hybridized carbons (Fsp3) is 0.321. The number of carbonyl (C=O) groups is 1. The molecule has 202 valence electrons. The van der Waals surface area contributed by atoms with Crippen molar-refractivity contribution in [3.8, 4) is 0 Å². The zero-order valence-electron chi connectivity index (χ0n) is 21.3. The number of amides is 1. The van der Waals surface area contributed by atoms with E-state index < -0.39 is 20.0 Å². The minimum atomic E-state index is -3.76. The molecule has 0 radical (unpaired) electrons. The van der Waals surface area contributed by atoms with Crippen molar-refractivity contribution in [2.24, 2.45) is 5.92 Å². The third-order valence-electron chi connectivity index (χ3n) is 6.63. The molecule has 1 aliphatic rings. The summed E-state index contributed by atoms with van der Waals surface area (Å²) in [7, 11) is -7.13. The molecule has 1 fully saturated rings. The Labute approximate surface area is 225 Å². The second-order valence-electron chi connectivity index (χ2n) is 9.57. The van der Waals surface area contributed by atoms with Gasteiger partial charge in [0.05, 0.1) is 10.6 Å². The van der Waals surface area contributed by atoms with Gasteiger partial charge >= 0.3 is 0 Å². The number of anilines is 2. The molecule has 1 amide bonds. The highest BCUT2D eigenvalue weighted by Crippen LogP contribution is 2.24. The Morgan fingerprint density at radius 2 is 1.55 bits per heavy atom. The second-order valence-corrected chi connectivity index (χ2v) is 13.3. The molecule has 0 saturated carbocycles. The first-order chi connectivity index (χ1) is 18.1. The van der Waals surface area contributed by atoms with E-state index >= 15 is 0 Å². The molecular weight excluding hydrogens is 522 g/mol. The summed E-state index contributed by atoms with van der Waals surface area (Å²) in [6.07, 6.45) is 2.15. The summed E-state index contributed by atoms with van der Waals surface area (Å²) in [5, 5.41) is 2.83. The molecule has 4 rings (SSSR count). The largest absolute Gasteiger partial charge is 0.326 e. The Balaban J connectivity index is 1.26. The molecule has 10 heteroatoms. The highest BCUT2D eigenvalue weighted by molar-refractivity contribution is 7.92. The van der Waals surface area contributed by atoms with Crippen LogP contribution >= 0.6 is 0 Å². The van der Waals surface area contributed by atoms with Gasteiger partial charge in [0, 0.05) is 30.4 Å². The molecule has 0 aromatic heterocycles. The van der Waals surface area contributed by atoms with E-state index in [4.69, 9.17) is 0 Å². The molecule has 0 unspecified atom stereocenters. The van der Waals surface area contributed by atoms with Crippen molar-refractivity contribution < 1.29 is 21.6 Å². The molecule has 0 aliphatic carbocycles. The van der Waals surface area contributed by atoms with Crippen molar-refractivity contribution in [2.75, 3.05) is 28.9 Å². The molecule has 1 heterocycles. The molecule has 0 bridgehead atoms. The third-order valence-corrected chi connectivity index (χ3v) is 9.98. The topological polar surface area (TPSA) is 113 Å². The van der Waals surface area contributed by atoms with Gasteiger partial charge in [-0.05, 0) is 80.1 Å². The predicted molar refractivity (Wildman–Crippen MR) is 150 cm³/mol. The van der Waals surface area contributed by atoms with Gasteiger partial charge in [-0.1, -0.05) is 42.5 Å². The highest BCUT2D eigenvalue weighted by Gasteiger charge is 2.31. The molecule has 2 N–H and O–H groups in total. The summed E-state index contributed by atoms with van der Waals surface area (Å²) in [5.74, 6) is -0.413. The number of aryl methyl sites for hydroxylation is 2. The van der Waals surface area contributed by atoms with Gasteiger partial charge in [-0.15, -0.1) is 0 Å². The van der Waals surface area contributed by atoms with Gasteiger partial charge in [-0.3, -0.25) is 9.52 Å². The highest BCUT2D eigenvalue weighted by atomic mass is 32.2. The van der Waals surface area contributed by atoms with Crippen LogP contribution in [-0.2, 0) is 31.3 Å². The van der Waals surface area contributed by atoms with Crippen molar-refractivity contribution in [1.29, 1.82) is 0 Å². The molecule has 0 atom stereocenters. The van der Waals surface area contributed by atoms with Crippen LogP contribution in [0.1, 0.15) is 30.4 Å². The van der Waals surface area contributed by atoms with Gasteiger partial charge in [0.15, 0.2) is 0 Å². The molecule has 1 saturated heterocycles. The lowest BCUT2D eigenvalue weighted by Gasteiger charge is -2.30. The molecule has 3 aromatic carbocycles. The normalized spacial score (nSPS) is 15.2. The van der Waals surface area contributed by atoms with Gasteiger partial charge in [-0.2, -0.15) is 0 Å². The fourth-order valence-corrected chi connectivity index (χ4v) is 7.10. The van der Waals surface area contributed by atoms with Gasteiger partial charge < -0.3 is 5.32 Å². The Morgan fingerprint density at radius 3 is 2.21 bits per heavy atom. The van der Waals surface area contributed by atoms with Crippen LogP contribution in [0.15, 0.2) is 83.8 Å². The number of carbonyl (C=O) groups excluding carboxylic acids is 1. The number of hydrogen-bond donors (Lipinski definition) is 2. The molecular formula is C28H33N3O5S2. The quantitative estimate of drug-likeness (QED) is 0.385. The summed E-state index contributed by atoms with van der Waals surface area (Å²) >= 11 is 0. The summed E-state index contributed by atoms with van der Waals surface area (Å²) in [4.78, 5) is 12.9. The Hall–Kier alpha value is -3.21. The third kappa shape index (κ3) is 7.43. The average Bonchev–Trinajstić information content (AvgIpc) is 2.89. The first-order valence-electron chi connectivity index (χ1n) is 12.6. The molecule has 1 aliphatic heterocycles. The van der Waals surface area contributed by atoms with E-state index in [1.54, 1.807) is 30.3 Å². The maximum atomic E-state index is 12.8. The fourth-order valence-electron chi connectivity index (χ4n) is 4.51. The molecule has 3 aromatic rings. The minimum absolute atomic E-state index is 0.0859. The zero-order chi connectivity index (χ0) is 27.2. The van der Waals surface area contributed by atoms with Gasteiger partial charge in [0.1, 0.15) is 0 Å². The van der Waals surface area contributed by atoms with E-state index in [-0.39, 0.29) is 22.5 Å². The van der Waals surface area contributed by atoms with Gasteiger partial charge in [0.2, 0.25) is 15.9 Å². The molecule has 38 heavy (non-hydrogen) atoms. The number of rotatable bonds is 10. The monoisotopic (exact) mass is 555 g/mol. The lowest BCUT2D eigenvalue weighted by molar-refractivity contribution is -0.120. The number of hydrogen-bond acceptors (Lipinski definition) is 5. The Kier molecular flexibility index (Phi) is 8.86. The van der Waals surface area contributed by atoms with Crippen molar-refractivity contribution in [3.05, 3.63) is 90.0 Å². The smallest absolute Gasteiger partial charge is 0.261 e. The van der Waals surface area contributed by atoms with Crippen LogP contribution in [0, 0.1) is 12.8 Å². The lowest BCUT2D eigenvalue weighted by Crippen LogP contribution is -2.42. The standard InChI is InChI=1S/C28H33N3O5S2/c1-22-7-5-11-26(21-22)30-38(35,36)27-14-12-25(13-15-27)29-28(32)24-16-18-31(19-17-24)37(33,34)20-6-10-23-8-3-2-4-9-23/h2-5,7-9,11-15,21,24,30H,6,10,16-20H2,1H3,(H,29,32). The average molecular weight is 556 g/mol. The zero-order valence-corrected chi connectivity index (χ0v) is 23.0. The number of nitrogens with one attached hydrogen (secondary N) is 2. The van der Waals surface area contributed by atoms with Crippen LogP contribution in [0.2, 0.25) is 0 Å². The first kappa shape index (κ1) is 27.8. The van der Waals surface area contributed by atoms with E-state index in [2.05, 4.69) is 10.0 Å². The molecule has 0 spiro atoms. The number of benzene rings is 3. The van der Waals surface area contributed by atoms with Crippen LogP contribution in [0.25, 0.3) is 0 Å². The number of piperidine rings is 1. The maximum absolute atomic E-state index is 12.8. The number of nitrogens with zero attached hydrogens (tertiary/aromatic N) is 1. The second kappa shape index (κ2) is 12.1. The van der Waals surface area contributed by atoms with Crippen molar-refractivity contribution >= 4 is 37.3 Å².